The molecule has 5 nitrogen and oxygen atoms in total. The first kappa shape index (κ1) is 18.6. The van der Waals surface area contributed by atoms with Crippen LogP contribution >= 0.6 is 11.6 Å². The molecule has 2 N–H and O–H groups in total. The smallest absolute Gasteiger partial charge is 0.251 e. The van der Waals surface area contributed by atoms with Gasteiger partial charge in [0.05, 0.1) is 18.7 Å². The second kappa shape index (κ2) is 10.3. The second-order valence-electron chi connectivity index (χ2n) is 4.80. The summed E-state index contributed by atoms with van der Waals surface area (Å²) in [5, 5.41) is 6.35. The Balaban J connectivity index is 2.76. The molecule has 1 rings (SSSR count). The van der Waals surface area contributed by atoms with Gasteiger partial charge >= 0.3 is 0 Å². The van der Waals surface area contributed by atoms with Crippen LogP contribution in [0.2, 0.25) is 5.02 Å². The lowest BCUT2D eigenvalue weighted by atomic mass is 10.2. The van der Waals surface area contributed by atoms with Gasteiger partial charge in [-0.1, -0.05) is 31.9 Å². The molecular formula is C16H25ClN2O3. The molecule has 0 aliphatic carbocycles. The first-order valence-electron chi connectivity index (χ1n) is 7.63. The number of carbonyl (C=O) groups is 1. The number of rotatable bonds is 10. The van der Waals surface area contributed by atoms with Crippen LogP contribution in [0.15, 0.2) is 12.1 Å². The topological polar surface area (TPSA) is 59.6 Å². The molecule has 0 heterocycles. The normalized spacial score (nSPS) is 10.4. The van der Waals surface area contributed by atoms with E-state index in [9.17, 15) is 4.79 Å². The van der Waals surface area contributed by atoms with E-state index in [-0.39, 0.29) is 5.91 Å². The maximum Gasteiger partial charge on any atom is 0.251 e. The van der Waals surface area contributed by atoms with Gasteiger partial charge in [-0.15, -0.1) is 0 Å². The van der Waals surface area contributed by atoms with E-state index < -0.39 is 0 Å². The van der Waals surface area contributed by atoms with Crippen molar-refractivity contribution in [2.24, 2.45) is 0 Å². The molecule has 0 spiro atoms. The molecule has 0 fully saturated rings. The van der Waals surface area contributed by atoms with Crippen LogP contribution in [0.25, 0.3) is 0 Å². The Morgan fingerprint density at radius 3 is 2.68 bits per heavy atom. The lowest BCUT2D eigenvalue weighted by Gasteiger charge is -2.14. The molecule has 22 heavy (non-hydrogen) atoms. The number of likely N-dealkylation sites (N-methyl/N-ethyl adjacent to an activating group) is 1. The molecule has 0 saturated carbocycles. The zero-order valence-electron chi connectivity index (χ0n) is 13.5. The van der Waals surface area contributed by atoms with Gasteiger partial charge in [-0.05, 0) is 25.1 Å². The summed E-state index contributed by atoms with van der Waals surface area (Å²) in [4.78, 5) is 12.1. The van der Waals surface area contributed by atoms with Crippen molar-refractivity contribution >= 4 is 17.5 Å². The Hall–Kier alpha value is -1.46. The maximum atomic E-state index is 12.1. The van der Waals surface area contributed by atoms with Crippen molar-refractivity contribution in [2.45, 2.75) is 26.7 Å². The Morgan fingerprint density at radius 2 is 2.05 bits per heavy atom. The van der Waals surface area contributed by atoms with Crippen molar-refractivity contribution in [1.29, 1.82) is 0 Å². The van der Waals surface area contributed by atoms with E-state index in [4.69, 9.17) is 21.1 Å². The summed E-state index contributed by atoms with van der Waals surface area (Å²) in [6, 6.07) is 3.25. The van der Waals surface area contributed by atoms with Gasteiger partial charge in [0.1, 0.15) is 0 Å². The number of unbranched alkanes of at least 4 members (excludes halogenated alkanes) is 1. The quantitative estimate of drug-likeness (QED) is 0.648. The highest BCUT2D eigenvalue weighted by atomic mass is 35.5. The number of methoxy groups -OCH3 is 1. The first-order valence-corrected chi connectivity index (χ1v) is 8.01. The molecule has 1 amide bonds. The summed E-state index contributed by atoms with van der Waals surface area (Å²) in [5.74, 6) is 0.778. The zero-order valence-corrected chi connectivity index (χ0v) is 14.3. The number of nitrogens with one attached hydrogen (secondary N) is 2. The number of carbonyl (C=O) groups excluding carboxylic acids is 1. The predicted octanol–water partition coefficient (Wildman–Crippen LogP) is 2.87. The molecule has 0 bridgehead atoms. The third-order valence-electron chi connectivity index (χ3n) is 3.07. The molecule has 124 valence electrons. The monoisotopic (exact) mass is 328 g/mol. The number of hydrogen-bond donors (Lipinski definition) is 2. The number of hydrogen-bond acceptors (Lipinski definition) is 4. The van der Waals surface area contributed by atoms with Gasteiger partial charge in [0.25, 0.3) is 5.91 Å². The highest BCUT2D eigenvalue weighted by Gasteiger charge is 2.15. The summed E-state index contributed by atoms with van der Waals surface area (Å²) >= 11 is 6.22. The fourth-order valence-electron chi connectivity index (χ4n) is 1.85. The molecule has 1 aromatic rings. The fourth-order valence-corrected chi connectivity index (χ4v) is 2.12. The molecule has 0 radical (unpaired) electrons. The average molecular weight is 329 g/mol. The van der Waals surface area contributed by atoms with E-state index in [0.29, 0.717) is 35.2 Å². The minimum atomic E-state index is -0.182. The van der Waals surface area contributed by atoms with Crippen molar-refractivity contribution < 1.29 is 14.3 Å². The minimum absolute atomic E-state index is 0.182. The van der Waals surface area contributed by atoms with Crippen LogP contribution in [-0.4, -0.2) is 39.3 Å². The summed E-state index contributed by atoms with van der Waals surface area (Å²) in [6.45, 7) is 6.83. The SMILES string of the molecule is CCCCOc1c(Cl)cc(C(=O)NCCNCC)cc1OC. The molecule has 0 unspecified atom stereocenters. The Morgan fingerprint density at radius 1 is 1.27 bits per heavy atom. The van der Waals surface area contributed by atoms with E-state index in [1.54, 1.807) is 12.1 Å². The molecule has 6 heteroatoms. The third-order valence-corrected chi connectivity index (χ3v) is 3.35. The third kappa shape index (κ3) is 5.73. The van der Waals surface area contributed by atoms with Gasteiger partial charge in [-0.25, -0.2) is 0 Å². The van der Waals surface area contributed by atoms with Crippen molar-refractivity contribution in [1.82, 2.24) is 10.6 Å². The van der Waals surface area contributed by atoms with Gasteiger partial charge in [0.15, 0.2) is 11.5 Å². The number of halogens is 1. The van der Waals surface area contributed by atoms with Crippen LogP contribution in [0.4, 0.5) is 0 Å². The van der Waals surface area contributed by atoms with Crippen LogP contribution in [0.1, 0.15) is 37.0 Å². The predicted molar refractivity (Wildman–Crippen MR) is 89.3 cm³/mol. The summed E-state index contributed by atoms with van der Waals surface area (Å²) in [6.07, 6.45) is 1.97. The van der Waals surface area contributed by atoms with Crippen molar-refractivity contribution in [3.05, 3.63) is 22.7 Å². The molecule has 1 aromatic carbocycles. The van der Waals surface area contributed by atoms with Crippen molar-refractivity contribution in [3.63, 3.8) is 0 Å². The maximum absolute atomic E-state index is 12.1. The van der Waals surface area contributed by atoms with Crippen LogP contribution in [0.3, 0.4) is 0 Å². The molecule has 0 saturated heterocycles. The minimum Gasteiger partial charge on any atom is -0.493 e. The van der Waals surface area contributed by atoms with E-state index in [2.05, 4.69) is 17.6 Å². The molecule has 0 aliphatic rings. The van der Waals surface area contributed by atoms with E-state index in [0.717, 1.165) is 25.9 Å². The Kier molecular flexibility index (Phi) is 8.70. The average Bonchev–Trinajstić information content (AvgIpc) is 2.52. The highest BCUT2D eigenvalue weighted by molar-refractivity contribution is 6.32. The molecule has 0 aromatic heterocycles. The van der Waals surface area contributed by atoms with Crippen LogP contribution < -0.4 is 20.1 Å². The highest BCUT2D eigenvalue weighted by Crippen LogP contribution is 2.36. The van der Waals surface area contributed by atoms with Crippen LogP contribution in [-0.2, 0) is 0 Å². The van der Waals surface area contributed by atoms with Gasteiger partial charge in [-0.2, -0.15) is 0 Å². The Labute approximate surface area is 137 Å². The van der Waals surface area contributed by atoms with Crippen molar-refractivity contribution in [2.75, 3.05) is 33.4 Å². The summed E-state index contributed by atoms with van der Waals surface area (Å²) in [5.41, 5.74) is 0.459. The van der Waals surface area contributed by atoms with E-state index >= 15 is 0 Å². The van der Waals surface area contributed by atoms with Gasteiger partial charge in [0, 0.05) is 18.7 Å². The summed E-state index contributed by atoms with van der Waals surface area (Å²) in [7, 11) is 1.53. The number of ether oxygens (including phenoxy) is 2. The van der Waals surface area contributed by atoms with E-state index in [1.165, 1.54) is 7.11 Å². The van der Waals surface area contributed by atoms with Crippen LogP contribution in [0.5, 0.6) is 11.5 Å². The van der Waals surface area contributed by atoms with Gasteiger partial charge in [0.2, 0.25) is 0 Å². The largest absolute Gasteiger partial charge is 0.493 e. The molecular weight excluding hydrogens is 304 g/mol. The fraction of sp³-hybridized carbons (Fsp3) is 0.562. The Bertz CT molecular complexity index is 481. The van der Waals surface area contributed by atoms with Gasteiger partial charge in [-0.3, -0.25) is 4.79 Å². The lowest BCUT2D eigenvalue weighted by Crippen LogP contribution is -2.31. The van der Waals surface area contributed by atoms with Gasteiger partial charge < -0.3 is 20.1 Å². The summed E-state index contributed by atoms with van der Waals surface area (Å²) < 4.78 is 10.9. The number of benzene rings is 1. The number of amides is 1. The standard InChI is InChI=1S/C16H25ClN2O3/c1-4-6-9-22-15-13(17)10-12(11-14(15)21-3)16(20)19-8-7-18-5-2/h10-11,18H,4-9H2,1-3H3,(H,19,20). The van der Waals surface area contributed by atoms with Crippen LogP contribution in [0, 0.1) is 0 Å². The molecule has 0 aliphatic heterocycles. The first-order chi connectivity index (χ1) is 10.6. The lowest BCUT2D eigenvalue weighted by molar-refractivity contribution is 0.0953. The van der Waals surface area contributed by atoms with E-state index in [1.807, 2.05) is 6.92 Å². The molecule has 0 atom stereocenters. The second-order valence-corrected chi connectivity index (χ2v) is 5.21. The van der Waals surface area contributed by atoms with Crippen molar-refractivity contribution in [3.8, 4) is 11.5 Å². The zero-order chi connectivity index (χ0) is 16.4.